The summed E-state index contributed by atoms with van der Waals surface area (Å²) in [6.07, 6.45) is 3.62. The Bertz CT molecular complexity index is 365. The molecular formula is C11H14N2O3. The van der Waals surface area contributed by atoms with Crippen molar-refractivity contribution in [1.82, 2.24) is 9.88 Å². The van der Waals surface area contributed by atoms with Gasteiger partial charge >= 0.3 is 5.97 Å². The van der Waals surface area contributed by atoms with Crippen molar-refractivity contribution in [3.05, 3.63) is 30.1 Å². The number of nitrogens with zero attached hydrogens (tertiary/aromatic N) is 2. The smallest absolute Gasteiger partial charge is 0.303 e. The maximum Gasteiger partial charge on any atom is 0.303 e. The van der Waals surface area contributed by atoms with Crippen LogP contribution in [0, 0.1) is 0 Å². The molecule has 16 heavy (non-hydrogen) atoms. The fourth-order valence-electron chi connectivity index (χ4n) is 1.28. The number of rotatable bonds is 5. The zero-order valence-electron chi connectivity index (χ0n) is 9.09. The zero-order valence-corrected chi connectivity index (χ0v) is 9.09. The summed E-state index contributed by atoms with van der Waals surface area (Å²) in [4.78, 5) is 27.4. The van der Waals surface area contributed by atoms with E-state index in [4.69, 9.17) is 5.11 Å². The van der Waals surface area contributed by atoms with E-state index < -0.39 is 5.97 Å². The topological polar surface area (TPSA) is 70.5 Å². The minimum absolute atomic E-state index is 0.0741. The number of aromatic nitrogens is 1. The molecule has 0 fully saturated rings. The molecule has 0 aliphatic heterocycles. The lowest BCUT2D eigenvalue weighted by Crippen LogP contribution is -2.28. The fourth-order valence-corrected chi connectivity index (χ4v) is 1.28. The highest BCUT2D eigenvalue weighted by Gasteiger charge is 2.11. The number of carbonyl (C=O) groups excluding carboxylic acids is 1. The SMILES string of the molecule is CN(CCCC(=O)O)C(=O)c1cccnc1. The molecule has 1 N–H and O–H groups in total. The second kappa shape index (κ2) is 5.85. The van der Waals surface area contributed by atoms with E-state index in [0.29, 0.717) is 18.5 Å². The van der Waals surface area contributed by atoms with Crippen LogP contribution < -0.4 is 0 Å². The molecule has 5 nitrogen and oxygen atoms in total. The molecule has 0 aliphatic carbocycles. The van der Waals surface area contributed by atoms with Gasteiger partial charge in [0, 0.05) is 32.4 Å². The van der Waals surface area contributed by atoms with Gasteiger partial charge in [0.05, 0.1) is 5.56 Å². The molecule has 1 amide bonds. The molecule has 0 aliphatic rings. The van der Waals surface area contributed by atoms with Gasteiger partial charge in [-0.1, -0.05) is 0 Å². The summed E-state index contributed by atoms with van der Waals surface area (Å²) in [5, 5.41) is 8.47. The number of hydrogen-bond donors (Lipinski definition) is 1. The molecule has 0 saturated carbocycles. The molecule has 0 atom stereocenters. The Morgan fingerprint density at radius 3 is 2.81 bits per heavy atom. The predicted octanol–water partition coefficient (Wildman–Crippen LogP) is 1.02. The maximum atomic E-state index is 11.8. The van der Waals surface area contributed by atoms with E-state index in [1.807, 2.05) is 0 Å². The summed E-state index contributed by atoms with van der Waals surface area (Å²) in [5.74, 6) is -0.985. The van der Waals surface area contributed by atoms with Gasteiger partial charge in [-0.3, -0.25) is 14.6 Å². The molecule has 86 valence electrons. The number of aliphatic carboxylic acids is 1. The molecule has 0 bridgehead atoms. The van der Waals surface area contributed by atoms with Gasteiger partial charge in [-0.05, 0) is 18.6 Å². The Morgan fingerprint density at radius 1 is 1.50 bits per heavy atom. The van der Waals surface area contributed by atoms with Crippen molar-refractivity contribution in [2.45, 2.75) is 12.8 Å². The quantitative estimate of drug-likeness (QED) is 0.807. The van der Waals surface area contributed by atoms with E-state index in [-0.39, 0.29) is 12.3 Å². The fraction of sp³-hybridized carbons (Fsp3) is 0.364. The third kappa shape index (κ3) is 3.68. The minimum Gasteiger partial charge on any atom is -0.481 e. The van der Waals surface area contributed by atoms with Crippen LogP contribution in [0.3, 0.4) is 0 Å². The largest absolute Gasteiger partial charge is 0.481 e. The van der Waals surface area contributed by atoms with Crippen molar-refractivity contribution in [3.8, 4) is 0 Å². The first-order chi connectivity index (χ1) is 7.61. The lowest BCUT2D eigenvalue weighted by atomic mass is 10.2. The molecule has 1 heterocycles. The number of amides is 1. The second-order valence-electron chi connectivity index (χ2n) is 3.47. The summed E-state index contributed by atoms with van der Waals surface area (Å²) in [6, 6.07) is 3.38. The summed E-state index contributed by atoms with van der Waals surface area (Å²) >= 11 is 0. The summed E-state index contributed by atoms with van der Waals surface area (Å²) in [5.41, 5.74) is 0.514. The molecule has 0 unspecified atom stereocenters. The average molecular weight is 222 g/mol. The molecule has 1 aromatic rings. The normalized spacial score (nSPS) is 9.81. The van der Waals surface area contributed by atoms with E-state index in [2.05, 4.69) is 4.98 Å². The molecule has 0 radical (unpaired) electrons. The highest BCUT2D eigenvalue weighted by Crippen LogP contribution is 2.02. The van der Waals surface area contributed by atoms with Gasteiger partial charge in [-0.15, -0.1) is 0 Å². The zero-order chi connectivity index (χ0) is 12.0. The highest BCUT2D eigenvalue weighted by molar-refractivity contribution is 5.93. The molecule has 0 spiro atoms. The summed E-state index contributed by atoms with van der Waals surface area (Å²) in [6.45, 7) is 0.431. The van der Waals surface area contributed by atoms with Gasteiger partial charge in [0.15, 0.2) is 0 Å². The van der Waals surface area contributed by atoms with Gasteiger partial charge in [0.1, 0.15) is 0 Å². The number of carboxylic acids is 1. The van der Waals surface area contributed by atoms with Crippen LogP contribution in [0.5, 0.6) is 0 Å². The molecule has 5 heteroatoms. The average Bonchev–Trinajstić information content (AvgIpc) is 2.28. The van der Waals surface area contributed by atoms with Gasteiger partial charge in [-0.25, -0.2) is 0 Å². The molecular weight excluding hydrogens is 208 g/mol. The van der Waals surface area contributed by atoms with Crippen LogP contribution in [-0.2, 0) is 4.79 Å². The van der Waals surface area contributed by atoms with E-state index in [0.717, 1.165) is 0 Å². The van der Waals surface area contributed by atoms with E-state index in [1.165, 1.54) is 11.1 Å². The van der Waals surface area contributed by atoms with Crippen molar-refractivity contribution >= 4 is 11.9 Å². The van der Waals surface area contributed by atoms with E-state index in [1.54, 1.807) is 25.4 Å². The molecule has 0 saturated heterocycles. The Hall–Kier alpha value is -1.91. The minimum atomic E-state index is -0.845. The Kier molecular flexibility index (Phi) is 4.44. The van der Waals surface area contributed by atoms with Gasteiger partial charge in [0.25, 0.3) is 5.91 Å². The van der Waals surface area contributed by atoms with E-state index in [9.17, 15) is 9.59 Å². The maximum absolute atomic E-state index is 11.8. The molecule has 1 aromatic heterocycles. The van der Waals surface area contributed by atoms with Crippen LogP contribution in [0.25, 0.3) is 0 Å². The number of hydrogen-bond acceptors (Lipinski definition) is 3. The van der Waals surface area contributed by atoms with Crippen LogP contribution >= 0.6 is 0 Å². The van der Waals surface area contributed by atoms with Crippen LogP contribution in [0.15, 0.2) is 24.5 Å². The van der Waals surface area contributed by atoms with Crippen LogP contribution in [-0.4, -0.2) is 40.5 Å². The molecule has 0 aromatic carbocycles. The second-order valence-corrected chi connectivity index (χ2v) is 3.47. The first-order valence-corrected chi connectivity index (χ1v) is 4.98. The lowest BCUT2D eigenvalue weighted by molar-refractivity contribution is -0.137. The number of carbonyl (C=O) groups is 2. The van der Waals surface area contributed by atoms with Crippen molar-refractivity contribution in [1.29, 1.82) is 0 Å². The third-order valence-corrected chi connectivity index (χ3v) is 2.14. The lowest BCUT2D eigenvalue weighted by Gasteiger charge is -2.16. The van der Waals surface area contributed by atoms with Crippen LogP contribution in [0.1, 0.15) is 23.2 Å². The van der Waals surface area contributed by atoms with Crippen molar-refractivity contribution in [2.75, 3.05) is 13.6 Å². The predicted molar refractivity (Wildman–Crippen MR) is 58.1 cm³/mol. The Balaban J connectivity index is 2.45. The van der Waals surface area contributed by atoms with Gasteiger partial charge < -0.3 is 10.0 Å². The van der Waals surface area contributed by atoms with Crippen LogP contribution in [0.2, 0.25) is 0 Å². The number of carboxylic acid groups (broad SMARTS) is 1. The van der Waals surface area contributed by atoms with Gasteiger partial charge in [-0.2, -0.15) is 0 Å². The monoisotopic (exact) mass is 222 g/mol. The van der Waals surface area contributed by atoms with Crippen LogP contribution in [0.4, 0.5) is 0 Å². The Morgan fingerprint density at radius 2 is 2.25 bits per heavy atom. The highest BCUT2D eigenvalue weighted by atomic mass is 16.4. The summed E-state index contributed by atoms with van der Waals surface area (Å²) < 4.78 is 0. The number of pyridine rings is 1. The van der Waals surface area contributed by atoms with Crippen molar-refractivity contribution in [3.63, 3.8) is 0 Å². The standard InChI is InChI=1S/C11H14N2O3/c1-13(7-3-5-10(14)15)11(16)9-4-2-6-12-8-9/h2,4,6,8H,3,5,7H2,1H3,(H,14,15). The van der Waals surface area contributed by atoms with Crippen molar-refractivity contribution < 1.29 is 14.7 Å². The first-order valence-electron chi connectivity index (χ1n) is 4.98. The van der Waals surface area contributed by atoms with Gasteiger partial charge in [0.2, 0.25) is 0 Å². The molecule has 1 rings (SSSR count). The Labute approximate surface area is 93.7 Å². The first kappa shape index (κ1) is 12.2. The summed E-state index contributed by atoms with van der Waals surface area (Å²) in [7, 11) is 1.65. The van der Waals surface area contributed by atoms with E-state index >= 15 is 0 Å². The van der Waals surface area contributed by atoms with Crippen molar-refractivity contribution in [2.24, 2.45) is 0 Å². The third-order valence-electron chi connectivity index (χ3n) is 2.14.